The quantitative estimate of drug-likeness (QED) is 0.478. The van der Waals surface area contributed by atoms with Crippen LogP contribution in [0.2, 0.25) is 0 Å². The molecule has 0 radical (unpaired) electrons. The molecule has 0 bridgehead atoms. The first-order valence-corrected chi connectivity index (χ1v) is 9.40. The minimum atomic E-state index is -0.868. The Balaban J connectivity index is 1.88. The van der Waals surface area contributed by atoms with Crippen molar-refractivity contribution >= 4 is 23.4 Å². The molecule has 1 heterocycles. The summed E-state index contributed by atoms with van der Waals surface area (Å²) in [6, 6.07) is 18.1. The summed E-state index contributed by atoms with van der Waals surface area (Å²) in [5, 5.41) is 14.7. The topological polar surface area (TPSA) is 94.2 Å². The SMILES string of the molecule is CC(C)(C)c1cc(NC(=O)Nc2ccccc2)c(-c2ccc(CC(=O)O)cc2)[nH]1. The van der Waals surface area contributed by atoms with E-state index in [0.717, 1.165) is 22.5 Å². The molecular formula is C23H25N3O3. The lowest BCUT2D eigenvalue weighted by atomic mass is 9.92. The first kappa shape index (κ1) is 20.2. The fraction of sp³-hybridized carbons (Fsp3) is 0.217. The highest BCUT2D eigenvalue weighted by Crippen LogP contribution is 2.33. The minimum absolute atomic E-state index is 0.0250. The van der Waals surface area contributed by atoms with Gasteiger partial charge in [0.2, 0.25) is 0 Å². The summed E-state index contributed by atoms with van der Waals surface area (Å²) >= 11 is 0. The zero-order valence-corrected chi connectivity index (χ0v) is 16.7. The highest BCUT2D eigenvalue weighted by Gasteiger charge is 2.21. The van der Waals surface area contributed by atoms with E-state index >= 15 is 0 Å². The van der Waals surface area contributed by atoms with Gasteiger partial charge in [-0.1, -0.05) is 63.2 Å². The molecule has 2 amide bonds. The first-order chi connectivity index (χ1) is 13.7. The summed E-state index contributed by atoms with van der Waals surface area (Å²) in [6.07, 6.45) is -0.0250. The van der Waals surface area contributed by atoms with Crippen molar-refractivity contribution in [2.45, 2.75) is 32.6 Å². The van der Waals surface area contributed by atoms with Crippen LogP contribution in [-0.2, 0) is 16.6 Å². The summed E-state index contributed by atoms with van der Waals surface area (Å²) in [5.74, 6) is -0.868. The molecule has 3 aromatic rings. The van der Waals surface area contributed by atoms with Crippen molar-refractivity contribution in [3.8, 4) is 11.3 Å². The van der Waals surface area contributed by atoms with Crippen molar-refractivity contribution < 1.29 is 14.7 Å². The summed E-state index contributed by atoms with van der Waals surface area (Å²) in [5.41, 5.74) is 4.58. The van der Waals surface area contributed by atoms with Gasteiger partial charge in [0.15, 0.2) is 0 Å². The molecule has 0 unspecified atom stereocenters. The zero-order chi connectivity index (χ0) is 21.0. The van der Waals surface area contributed by atoms with Gasteiger partial charge in [-0.2, -0.15) is 0 Å². The van der Waals surface area contributed by atoms with E-state index in [0.29, 0.717) is 11.4 Å². The highest BCUT2D eigenvalue weighted by molar-refractivity contribution is 6.02. The van der Waals surface area contributed by atoms with Crippen LogP contribution >= 0.6 is 0 Å². The van der Waals surface area contributed by atoms with Gasteiger partial charge in [-0.25, -0.2) is 4.79 Å². The fourth-order valence-corrected chi connectivity index (χ4v) is 2.95. The Hall–Kier alpha value is -3.54. The van der Waals surface area contributed by atoms with Crippen LogP contribution in [0.3, 0.4) is 0 Å². The molecule has 6 nitrogen and oxygen atoms in total. The van der Waals surface area contributed by atoms with Gasteiger partial charge in [-0.05, 0) is 23.8 Å². The lowest BCUT2D eigenvalue weighted by molar-refractivity contribution is -0.136. The average molecular weight is 391 g/mol. The smallest absolute Gasteiger partial charge is 0.323 e. The number of amides is 2. The maximum Gasteiger partial charge on any atom is 0.323 e. The van der Waals surface area contributed by atoms with E-state index in [2.05, 4.69) is 36.4 Å². The predicted octanol–water partition coefficient (Wildman–Crippen LogP) is 5.25. The van der Waals surface area contributed by atoms with Crippen LogP contribution in [-0.4, -0.2) is 22.1 Å². The molecule has 0 fully saturated rings. The van der Waals surface area contributed by atoms with Crippen molar-refractivity contribution in [1.29, 1.82) is 0 Å². The van der Waals surface area contributed by atoms with E-state index in [1.165, 1.54) is 0 Å². The molecule has 6 heteroatoms. The van der Waals surface area contributed by atoms with Crippen molar-refractivity contribution in [1.82, 2.24) is 4.98 Å². The van der Waals surface area contributed by atoms with Gasteiger partial charge in [0, 0.05) is 22.4 Å². The molecular weight excluding hydrogens is 366 g/mol. The number of H-pyrrole nitrogens is 1. The number of aromatic nitrogens is 1. The second-order valence-corrected chi connectivity index (χ2v) is 7.93. The molecule has 0 saturated carbocycles. The first-order valence-electron chi connectivity index (χ1n) is 9.40. The van der Waals surface area contributed by atoms with Gasteiger partial charge in [0.25, 0.3) is 0 Å². The molecule has 29 heavy (non-hydrogen) atoms. The van der Waals surface area contributed by atoms with Crippen LogP contribution in [0, 0.1) is 0 Å². The van der Waals surface area contributed by atoms with E-state index in [1.807, 2.05) is 48.5 Å². The molecule has 0 aliphatic carbocycles. The molecule has 0 spiro atoms. The Kier molecular flexibility index (Phi) is 5.73. The maximum absolute atomic E-state index is 12.5. The predicted molar refractivity (Wildman–Crippen MR) is 115 cm³/mol. The highest BCUT2D eigenvalue weighted by atomic mass is 16.4. The van der Waals surface area contributed by atoms with Crippen LogP contribution in [0.25, 0.3) is 11.3 Å². The number of aliphatic carboxylic acids is 1. The number of hydrogen-bond donors (Lipinski definition) is 4. The number of carbonyl (C=O) groups is 2. The van der Waals surface area contributed by atoms with Crippen LogP contribution in [0.1, 0.15) is 32.0 Å². The minimum Gasteiger partial charge on any atom is -0.481 e. The third-order valence-electron chi connectivity index (χ3n) is 4.50. The Labute approximate surface area is 170 Å². The molecule has 4 N–H and O–H groups in total. The second kappa shape index (κ2) is 8.22. The normalized spacial score (nSPS) is 11.1. The number of rotatable bonds is 5. The van der Waals surface area contributed by atoms with Gasteiger partial charge >= 0.3 is 12.0 Å². The number of benzene rings is 2. The lowest BCUT2D eigenvalue weighted by Gasteiger charge is -2.16. The van der Waals surface area contributed by atoms with Crippen molar-refractivity contribution in [3.05, 3.63) is 71.9 Å². The fourth-order valence-electron chi connectivity index (χ4n) is 2.95. The number of aromatic amines is 1. The Morgan fingerprint density at radius 2 is 1.62 bits per heavy atom. The van der Waals surface area contributed by atoms with Crippen LogP contribution in [0.5, 0.6) is 0 Å². The zero-order valence-electron chi connectivity index (χ0n) is 16.7. The molecule has 2 aromatic carbocycles. The number of carboxylic acid groups (broad SMARTS) is 1. The maximum atomic E-state index is 12.5. The number of anilines is 2. The van der Waals surface area contributed by atoms with Gasteiger partial charge in [0.05, 0.1) is 17.8 Å². The Morgan fingerprint density at radius 3 is 2.21 bits per heavy atom. The third-order valence-corrected chi connectivity index (χ3v) is 4.50. The molecule has 0 aliphatic heterocycles. The van der Waals surface area contributed by atoms with Gasteiger partial charge < -0.3 is 20.7 Å². The van der Waals surface area contributed by atoms with E-state index in [9.17, 15) is 9.59 Å². The number of hydrogen-bond acceptors (Lipinski definition) is 2. The number of urea groups is 1. The van der Waals surface area contributed by atoms with Gasteiger partial charge in [-0.3, -0.25) is 4.79 Å². The van der Waals surface area contributed by atoms with E-state index in [-0.39, 0.29) is 17.9 Å². The molecule has 3 rings (SSSR count). The molecule has 150 valence electrons. The summed E-state index contributed by atoms with van der Waals surface area (Å²) < 4.78 is 0. The third kappa shape index (κ3) is 5.25. The Morgan fingerprint density at radius 1 is 0.966 bits per heavy atom. The number of para-hydroxylation sites is 1. The number of nitrogens with one attached hydrogen (secondary N) is 3. The number of carbonyl (C=O) groups excluding carboxylic acids is 1. The summed E-state index contributed by atoms with van der Waals surface area (Å²) in [6.45, 7) is 6.27. The van der Waals surface area contributed by atoms with E-state index in [4.69, 9.17) is 5.11 Å². The molecule has 0 saturated heterocycles. The van der Waals surface area contributed by atoms with Gasteiger partial charge in [-0.15, -0.1) is 0 Å². The summed E-state index contributed by atoms with van der Waals surface area (Å²) in [4.78, 5) is 26.8. The van der Waals surface area contributed by atoms with Crippen LogP contribution in [0.4, 0.5) is 16.2 Å². The molecule has 1 aromatic heterocycles. The lowest BCUT2D eigenvalue weighted by Crippen LogP contribution is -2.19. The molecule has 0 aliphatic rings. The Bertz CT molecular complexity index is 1000. The van der Waals surface area contributed by atoms with Crippen LogP contribution in [0.15, 0.2) is 60.7 Å². The standard InChI is InChI=1S/C23H25N3O3/c1-23(2,3)19-14-18(25-22(29)24-17-7-5-4-6-8-17)21(26-19)16-11-9-15(10-12-16)13-20(27)28/h4-12,14,26H,13H2,1-3H3,(H,27,28)(H2,24,25,29). The average Bonchev–Trinajstić information content (AvgIpc) is 3.07. The van der Waals surface area contributed by atoms with Crippen LogP contribution < -0.4 is 10.6 Å². The largest absolute Gasteiger partial charge is 0.481 e. The monoisotopic (exact) mass is 391 g/mol. The van der Waals surface area contributed by atoms with E-state index in [1.54, 1.807) is 12.1 Å². The second-order valence-electron chi connectivity index (χ2n) is 7.93. The van der Waals surface area contributed by atoms with Crippen molar-refractivity contribution in [2.24, 2.45) is 0 Å². The van der Waals surface area contributed by atoms with E-state index < -0.39 is 5.97 Å². The van der Waals surface area contributed by atoms with Gasteiger partial charge in [0.1, 0.15) is 0 Å². The number of carboxylic acids is 1. The summed E-state index contributed by atoms with van der Waals surface area (Å²) in [7, 11) is 0. The molecule has 0 atom stereocenters. The van der Waals surface area contributed by atoms with Crippen molar-refractivity contribution in [3.63, 3.8) is 0 Å². The van der Waals surface area contributed by atoms with Crippen molar-refractivity contribution in [2.75, 3.05) is 10.6 Å².